The summed E-state index contributed by atoms with van der Waals surface area (Å²) < 4.78 is 0. The molecule has 9 heteroatoms. The molecule has 4 aliphatic rings. The Morgan fingerprint density at radius 1 is 1.06 bits per heavy atom. The molecule has 0 atom stereocenters. The topological polar surface area (TPSA) is 116 Å². The van der Waals surface area contributed by atoms with Gasteiger partial charge in [0.15, 0.2) is 5.82 Å². The Bertz CT molecular complexity index is 1430. The summed E-state index contributed by atoms with van der Waals surface area (Å²) in [6, 6.07) is 8.11. The van der Waals surface area contributed by atoms with Crippen molar-refractivity contribution in [2.45, 2.75) is 24.7 Å². The molecule has 9 nitrogen and oxygen atoms in total. The summed E-state index contributed by atoms with van der Waals surface area (Å²) in [6.07, 6.45) is 5.65. The van der Waals surface area contributed by atoms with Gasteiger partial charge >= 0.3 is 6.09 Å². The van der Waals surface area contributed by atoms with Crippen LogP contribution < -0.4 is 15.5 Å². The molecule has 1 aliphatic carbocycles. The lowest BCUT2D eigenvalue weighted by Crippen LogP contribution is -2.73. The molecule has 2 spiro atoms. The SMILES string of the molecule is CN1C(=O)C2(CCC2)c2c1cnc1ccc(-c3cnc(N4CC5(CN(C(=O)O)C5)C4)c(N)c3)cc21. The van der Waals surface area contributed by atoms with Gasteiger partial charge in [-0.3, -0.25) is 9.78 Å². The molecule has 3 N–H and O–H groups in total. The first-order chi connectivity index (χ1) is 16.8. The first-order valence-corrected chi connectivity index (χ1v) is 12.0. The number of likely N-dealkylation sites (tertiary alicyclic amines) is 1. The minimum atomic E-state index is -0.855. The summed E-state index contributed by atoms with van der Waals surface area (Å²) in [6.45, 7) is 2.69. The second kappa shape index (κ2) is 6.62. The van der Waals surface area contributed by atoms with E-state index >= 15 is 0 Å². The molecule has 178 valence electrons. The first kappa shape index (κ1) is 20.5. The highest BCUT2D eigenvalue weighted by Crippen LogP contribution is 2.55. The van der Waals surface area contributed by atoms with Gasteiger partial charge in [-0.1, -0.05) is 12.5 Å². The maximum Gasteiger partial charge on any atom is 0.407 e. The molecule has 0 unspecified atom stereocenters. The fourth-order valence-electron chi connectivity index (χ4n) is 6.56. The number of hydrogen-bond acceptors (Lipinski definition) is 6. The molecule has 2 saturated heterocycles. The smallest absolute Gasteiger partial charge is 0.407 e. The van der Waals surface area contributed by atoms with Crippen LogP contribution in [0.1, 0.15) is 24.8 Å². The lowest BCUT2D eigenvalue weighted by atomic mass is 9.64. The van der Waals surface area contributed by atoms with E-state index in [2.05, 4.69) is 20.9 Å². The molecular weight excluding hydrogens is 444 g/mol. The zero-order valence-corrected chi connectivity index (χ0v) is 19.5. The number of pyridine rings is 2. The van der Waals surface area contributed by atoms with Crippen LogP contribution in [0.5, 0.6) is 0 Å². The zero-order chi connectivity index (χ0) is 24.1. The summed E-state index contributed by atoms with van der Waals surface area (Å²) in [4.78, 5) is 38.8. The Morgan fingerprint density at radius 2 is 1.83 bits per heavy atom. The standard InChI is InChI=1S/C26H26N6O3/c1-30-20-10-28-19-4-3-15(7-17(19)21(20)26(23(30)33)5-2-6-26)16-8-18(27)22(29-9-16)31-11-25(12-31)13-32(14-25)24(34)35/h3-4,7-10H,2,5-6,11-14,27H2,1H3,(H,34,35). The van der Waals surface area contributed by atoms with Gasteiger partial charge < -0.3 is 25.5 Å². The van der Waals surface area contributed by atoms with Crippen LogP contribution in [-0.2, 0) is 10.2 Å². The Morgan fingerprint density at radius 3 is 2.49 bits per heavy atom. The van der Waals surface area contributed by atoms with Crippen molar-refractivity contribution >= 4 is 40.1 Å². The highest BCUT2D eigenvalue weighted by atomic mass is 16.4. The lowest BCUT2D eigenvalue weighted by Gasteiger charge is -2.59. The number of fused-ring (bicyclic) bond motifs is 4. The minimum Gasteiger partial charge on any atom is -0.465 e. The summed E-state index contributed by atoms with van der Waals surface area (Å²) >= 11 is 0. The molecule has 3 aromatic rings. The number of nitrogens with two attached hydrogens (primary N) is 1. The molecule has 35 heavy (non-hydrogen) atoms. The molecule has 1 saturated carbocycles. The van der Waals surface area contributed by atoms with Gasteiger partial charge in [-0.15, -0.1) is 0 Å². The molecule has 3 fully saturated rings. The largest absolute Gasteiger partial charge is 0.465 e. The van der Waals surface area contributed by atoms with E-state index in [9.17, 15) is 9.59 Å². The summed E-state index contributed by atoms with van der Waals surface area (Å²) in [5, 5.41) is 10.1. The number of likely N-dealkylation sites (N-methyl/N-ethyl adjacent to an activating group) is 1. The van der Waals surface area contributed by atoms with Crippen LogP contribution >= 0.6 is 0 Å². The molecule has 3 aliphatic heterocycles. The lowest BCUT2D eigenvalue weighted by molar-refractivity contribution is -0.125. The third-order valence-electron chi connectivity index (χ3n) is 8.51. The van der Waals surface area contributed by atoms with Crippen molar-refractivity contribution in [3.8, 4) is 11.1 Å². The van der Waals surface area contributed by atoms with Crippen molar-refractivity contribution in [1.82, 2.24) is 14.9 Å². The average Bonchev–Trinajstić information content (AvgIpc) is 2.99. The van der Waals surface area contributed by atoms with Crippen molar-refractivity contribution in [3.63, 3.8) is 0 Å². The van der Waals surface area contributed by atoms with E-state index in [1.165, 1.54) is 4.90 Å². The van der Waals surface area contributed by atoms with Crippen LogP contribution in [0.25, 0.3) is 22.0 Å². The molecule has 2 aromatic heterocycles. The Balaban J connectivity index is 1.20. The van der Waals surface area contributed by atoms with E-state index in [1.807, 2.05) is 37.6 Å². The van der Waals surface area contributed by atoms with Crippen molar-refractivity contribution < 1.29 is 14.7 Å². The Kier molecular flexibility index (Phi) is 3.87. The van der Waals surface area contributed by atoms with Gasteiger partial charge in [-0.25, -0.2) is 9.78 Å². The van der Waals surface area contributed by atoms with Crippen molar-refractivity contribution in [2.24, 2.45) is 5.41 Å². The maximum absolute atomic E-state index is 13.1. The van der Waals surface area contributed by atoms with Crippen LogP contribution in [0.3, 0.4) is 0 Å². The zero-order valence-electron chi connectivity index (χ0n) is 19.5. The van der Waals surface area contributed by atoms with Crippen LogP contribution in [0.4, 0.5) is 22.0 Å². The third-order valence-corrected chi connectivity index (χ3v) is 8.51. The van der Waals surface area contributed by atoms with Crippen LogP contribution in [0.15, 0.2) is 36.7 Å². The van der Waals surface area contributed by atoms with Gasteiger partial charge in [-0.2, -0.15) is 0 Å². The fraction of sp³-hybridized carbons (Fsp3) is 0.385. The van der Waals surface area contributed by atoms with Gasteiger partial charge in [0.05, 0.1) is 28.5 Å². The van der Waals surface area contributed by atoms with Crippen LogP contribution in [0, 0.1) is 5.41 Å². The van der Waals surface area contributed by atoms with Crippen molar-refractivity contribution in [3.05, 3.63) is 42.2 Å². The van der Waals surface area contributed by atoms with Crippen LogP contribution in [-0.4, -0.2) is 65.2 Å². The fourth-order valence-corrected chi connectivity index (χ4v) is 6.56. The monoisotopic (exact) mass is 470 g/mol. The number of aromatic nitrogens is 2. The second-order valence-corrected chi connectivity index (χ2v) is 10.7. The van der Waals surface area contributed by atoms with Crippen molar-refractivity contribution in [1.29, 1.82) is 0 Å². The van der Waals surface area contributed by atoms with Gasteiger partial charge in [0, 0.05) is 61.4 Å². The number of carbonyl (C=O) groups excluding carboxylic acids is 1. The number of carbonyl (C=O) groups is 2. The molecule has 0 radical (unpaired) electrons. The molecule has 1 aromatic carbocycles. The Labute approximate surface area is 202 Å². The second-order valence-electron chi connectivity index (χ2n) is 10.7. The number of benzene rings is 1. The maximum atomic E-state index is 13.1. The number of nitrogens with zero attached hydrogens (tertiary/aromatic N) is 5. The van der Waals surface area contributed by atoms with E-state index in [-0.39, 0.29) is 11.3 Å². The van der Waals surface area contributed by atoms with Gasteiger partial charge in [0.25, 0.3) is 0 Å². The molecule has 2 amide bonds. The predicted octanol–water partition coefficient (Wildman–Crippen LogP) is 3.08. The molecule has 0 bridgehead atoms. The minimum absolute atomic E-state index is 0.0407. The summed E-state index contributed by atoms with van der Waals surface area (Å²) in [7, 11) is 1.84. The van der Waals surface area contributed by atoms with E-state index in [1.54, 1.807) is 4.90 Å². The van der Waals surface area contributed by atoms with Crippen molar-refractivity contribution in [2.75, 3.05) is 48.8 Å². The number of anilines is 3. The number of hydrogen-bond donors (Lipinski definition) is 2. The number of rotatable bonds is 2. The van der Waals surface area contributed by atoms with E-state index in [0.29, 0.717) is 18.8 Å². The summed E-state index contributed by atoms with van der Waals surface area (Å²) in [5.41, 5.74) is 11.5. The predicted molar refractivity (Wildman–Crippen MR) is 133 cm³/mol. The number of carboxylic acid groups (broad SMARTS) is 1. The Hall–Kier alpha value is -3.88. The first-order valence-electron chi connectivity index (χ1n) is 12.0. The highest BCUT2D eigenvalue weighted by molar-refractivity contribution is 6.13. The van der Waals surface area contributed by atoms with Gasteiger partial charge in [-0.05, 0) is 36.6 Å². The van der Waals surface area contributed by atoms with Gasteiger partial charge in [0.1, 0.15) is 0 Å². The van der Waals surface area contributed by atoms with E-state index in [4.69, 9.17) is 10.8 Å². The van der Waals surface area contributed by atoms with Crippen LogP contribution in [0.2, 0.25) is 0 Å². The molecular formula is C26H26N6O3. The van der Waals surface area contributed by atoms with E-state index < -0.39 is 11.5 Å². The number of nitrogen functional groups attached to an aromatic ring is 1. The quantitative estimate of drug-likeness (QED) is 0.591. The third kappa shape index (κ3) is 2.63. The van der Waals surface area contributed by atoms with E-state index in [0.717, 1.165) is 71.5 Å². The molecule has 5 heterocycles. The highest BCUT2D eigenvalue weighted by Gasteiger charge is 2.55. The number of amides is 2. The van der Waals surface area contributed by atoms with Gasteiger partial charge in [0.2, 0.25) is 5.91 Å². The average molecular weight is 471 g/mol. The summed E-state index contributed by atoms with van der Waals surface area (Å²) in [5.74, 6) is 0.927. The molecule has 7 rings (SSSR count). The normalized spacial score (nSPS) is 21.2.